The molecule has 0 aromatic heterocycles. The molecule has 27 heavy (non-hydrogen) atoms. The van der Waals surface area contributed by atoms with E-state index in [0.717, 1.165) is 12.1 Å². The number of rotatable bonds is 7. The van der Waals surface area contributed by atoms with Crippen LogP contribution in [0.15, 0.2) is 48.5 Å². The molecule has 2 aromatic carbocycles. The molecule has 1 amide bonds. The maximum Gasteiger partial charge on any atom is 0.416 e. The number of halogens is 4. The Bertz CT molecular complexity index is 777. The van der Waals surface area contributed by atoms with Crippen molar-refractivity contribution in [2.75, 3.05) is 20.1 Å². The van der Waals surface area contributed by atoms with Gasteiger partial charge in [0.15, 0.2) is 0 Å². The quantitative estimate of drug-likeness (QED) is 0.666. The number of hydrogen-bond acceptors (Lipinski definition) is 2. The molecule has 0 aliphatic heterocycles. The third-order valence-corrected chi connectivity index (χ3v) is 4.11. The first-order valence-corrected chi connectivity index (χ1v) is 8.56. The van der Waals surface area contributed by atoms with Crippen LogP contribution in [0.2, 0.25) is 0 Å². The zero-order valence-corrected chi connectivity index (χ0v) is 15.3. The molecule has 0 saturated carbocycles. The molecule has 0 aliphatic carbocycles. The topological polar surface area (TPSA) is 23.6 Å². The van der Waals surface area contributed by atoms with E-state index in [1.54, 1.807) is 35.0 Å². The number of amides is 1. The van der Waals surface area contributed by atoms with E-state index in [-0.39, 0.29) is 31.4 Å². The number of hydrogen-bond donors (Lipinski definition) is 0. The predicted molar refractivity (Wildman–Crippen MR) is 95.3 cm³/mol. The third kappa shape index (κ3) is 6.36. The van der Waals surface area contributed by atoms with E-state index >= 15 is 0 Å². The second-order valence-electron chi connectivity index (χ2n) is 6.41. The van der Waals surface area contributed by atoms with Crippen molar-refractivity contribution in [2.45, 2.75) is 26.2 Å². The summed E-state index contributed by atoms with van der Waals surface area (Å²) in [5.74, 6) is -0.533. The molecule has 0 spiro atoms. The largest absolute Gasteiger partial charge is 0.416 e. The van der Waals surface area contributed by atoms with E-state index in [2.05, 4.69) is 0 Å². The van der Waals surface area contributed by atoms with Gasteiger partial charge in [0.05, 0.1) is 12.1 Å². The molecule has 3 nitrogen and oxygen atoms in total. The van der Waals surface area contributed by atoms with Crippen molar-refractivity contribution in [1.82, 2.24) is 9.80 Å². The number of likely N-dealkylation sites (N-methyl/N-ethyl adjacent to an activating group) is 2. The van der Waals surface area contributed by atoms with Crippen molar-refractivity contribution in [3.05, 3.63) is 71.0 Å². The molecule has 2 aromatic rings. The molecule has 0 radical (unpaired) electrons. The highest BCUT2D eigenvalue weighted by Gasteiger charge is 2.30. The number of benzene rings is 2. The molecule has 0 unspecified atom stereocenters. The molecule has 0 atom stereocenters. The van der Waals surface area contributed by atoms with Gasteiger partial charge in [0.25, 0.3) is 0 Å². The van der Waals surface area contributed by atoms with Crippen LogP contribution in [0.1, 0.15) is 23.6 Å². The Kier molecular flexibility index (Phi) is 6.96. The molecule has 0 heterocycles. The van der Waals surface area contributed by atoms with Crippen LogP contribution >= 0.6 is 0 Å². The molecule has 2 rings (SSSR count). The Morgan fingerprint density at radius 3 is 2.22 bits per heavy atom. The lowest BCUT2D eigenvalue weighted by molar-refractivity contribution is -0.137. The fourth-order valence-electron chi connectivity index (χ4n) is 2.78. The molecule has 0 fully saturated rings. The van der Waals surface area contributed by atoms with Crippen molar-refractivity contribution < 1.29 is 22.4 Å². The number of nitrogens with zero attached hydrogens (tertiary/aromatic N) is 2. The second-order valence-corrected chi connectivity index (χ2v) is 6.41. The van der Waals surface area contributed by atoms with E-state index in [9.17, 15) is 22.4 Å². The van der Waals surface area contributed by atoms with Crippen molar-refractivity contribution in [1.29, 1.82) is 0 Å². The molecule has 0 bridgehead atoms. The van der Waals surface area contributed by atoms with Gasteiger partial charge in [-0.1, -0.05) is 30.3 Å². The summed E-state index contributed by atoms with van der Waals surface area (Å²) in [5.41, 5.74) is 0.458. The number of alkyl halides is 3. The normalized spacial score (nSPS) is 11.7. The summed E-state index contributed by atoms with van der Waals surface area (Å²) in [5, 5.41) is 0. The minimum Gasteiger partial charge on any atom is -0.338 e. The maximum absolute atomic E-state index is 13.3. The van der Waals surface area contributed by atoms with E-state index < -0.39 is 11.7 Å². The summed E-state index contributed by atoms with van der Waals surface area (Å²) in [6, 6.07) is 11.1. The van der Waals surface area contributed by atoms with Crippen LogP contribution in [0, 0.1) is 5.82 Å². The summed E-state index contributed by atoms with van der Waals surface area (Å²) in [4.78, 5) is 15.7. The minimum atomic E-state index is -4.39. The fraction of sp³-hybridized carbons (Fsp3) is 0.350. The Morgan fingerprint density at radius 1 is 1.00 bits per heavy atom. The number of carbonyl (C=O) groups excluding carboxylic acids is 1. The Labute approximate surface area is 156 Å². The molecule has 146 valence electrons. The van der Waals surface area contributed by atoms with Gasteiger partial charge in [-0.05, 0) is 43.3 Å². The van der Waals surface area contributed by atoms with E-state index in [1.165, 1.54) is 18.2 Å². The van der Waals surface area contributed by atoms with Crippen molar-refractivity contribution in [3.8, 4) is 0 Å². The van der Waals surface area contributed by atoms with Crippen molar-refractivity contribution >= 4 is 5.91 Å². The van der Waals surface area contributed by atoms with Gasteiger partial charge in [-0.2, -0.15) is 13.2 Å². The van der Waals surface area contributed by atoms with Crippen LogP contribution in [0.5, 0.6) is 0 Å². The highest BCUT2D eigenvalue weighted by atomic mass is 19.4. The van der Waals surface area contributed by atoms with Crippen molar-refractivity contribution in [2.24, 2.45) is 0 Å². The Hall–Kier alpha value is -2.41. The summed E-state index contributed by atoms with van der Waals surface area (Å²) < 4.78 is 51.7. The average molecular weight is 382 g/mol. The smallest absolute Gasteiger partial charge is 0.338 e. The highest BCUT2D eigenvalue weighted by Crippen LogP contribution is 2.29. The number of carbonyl (C=O) groups is 1. The molecule has 0 aliphatic rings. The van der Waals surface area contributed by atoms with Gasteiger partial charge in [0.1, 0.15) is 5.82 Å². The first-order valence-electron chi connectivity index (χ1n) is 8.56. The zero-order valence-electron chi connectivity index (χ0n) is 15.3. The van der Waals surface area contributed by atoms with Gasteiger partial charge in [0, 0.05) is 19.6 Å². The van der Waals surface area contributed by atoms with E-state index in [0.29, 0.717) is 17.7 Å². The minimum absolute atomic E-state index is 0.0550. The fourth-order valence-corrected chi connectivity index (χ4v) is 2.78. The van der Waals surface area contributed by atoms with Crippen LogP contribution in [-0.4, -0.2) is 35.8 Å². The van der Waals surface area contributed by atoms with E-state index in [1.807, 2.05) is 6.92 Å². The average Bonchev–Trinajstić information content (AvgIpc) is 2.59. The van der Waals surface area contributed by atoms with Crippen LogP contribution in [0.4, 0.5) is 17.6 Å². The van der Waals surface area contributed by atoms with E-state index in [4.69, 9.17) is 0 Å². The molecule has 0 N–H and O–H groups in total. The third-order valence-electron chi connectivity index (χ3n) is 4.11. The van der Waals surface area contributed by atoms with Crippen LogP contribution < -0.4 is 0 Å². The van der Waals surface area contributed by atoms with Gasteiger partial charge in [-0.25, -0.2) is 4.39 Å². The molecular formula is C20H22F4N2O. The first kappa shape index (κ1) is 20.9. The second kappa shape index (κ2) is 8.99. The summed E-state index contributed by atoms with van der Waals surface area (Å²) in [6.07, 6.45) is -4.39. The lowest BCUT2D eigenvalue weighted by Gasteiger charge is -2.24. The summed E-state index contributed by atoms with van der Waals surface area (Å²) in [6.45, 7) is 2.83. The van der Waals surface area contributed by atoms with Crippen LogP contribution in [0.3, 0.4) is 0 Å². The zero-order chi connectivity index (χ0) is 20.0. The van der Waals surface area contributed by atoms with Gasteiger partial charge in [0.2, 0.25) is 5.91 Å². The monoisotopic (exact) mass is 382 g/mol. The Balaban J connectivity index is 1.97. The van der Waals surface area contributed by atoms with Gasteiger partial charge in [-0.15, -0.1) is 0 Å². The summed E-state index contributed by atoms with van der Waals surface area (Å²) in [7, 11) is 1.67. The maximum atomic E-state index is 13.3. The van der Waals surface area contributed by atoms with Gasteiger partial charge in [-0.3, -0.25) is 9.69 Å². The summed E-state index contributed by atoms with van der Waals surface area (Å²) >= 11 is 0. The SMILES string of the molecule is CCN(Cc1cccc(F)c1)C(=O)CN(C)Cc1cccc(C(F)(F)F)c1. The van der Waals surface area contributed by atoms with Crippen LogP contribution in [-0.2, 0) is 24.1 Å². The predicted octanol–water partition coefficient (Wildman–Crippen LogP) is 4.33. The standard InChI is InChI=1S/C20H22F4N2O/c1-3-26(13-16-7-5-9-18(21)11-16)19(27)14-25(2)12-15-6-4-8-17(10-15)20(22,23)24/h4-11H,3,12-14H2,1-2H3. The van der Waals surface area contributed by atoms with Crippen LogP contribution in [0.25, 0.3) is 0 Å². The molecule has 0 saturated heterocycles. The lowest BCUT2D eigenvalue weighted by Crippen LogP contribution is -2.38. The lowest BCUT2D eigenvalue weighted by atomic mass is 10.1. The molecule has 7 heteroatoms. The van der Waals surface area contributed by atoms with Gasteiger partial charge < -0.3 is 4.90 Å². The van der Waals surface area contributed by atoms with Crippen molar-refractivity contribution in [3.63, 3.8) is 0 Å². The highest BCUT2D eigenvalue weighted by molar-refractivity contribution is 5.78. The Morgan fingerprint density at radius 2 is 1.63 bits per heavy atom. The molecular weight excluding hydrogens is 360 g/mol. The van der Waals surface area contributed by atoms with Gasteiger partial charge >= 0.3 is 6.18 Å². The first-order chi connectivity index (χ1) is 12.7.